The summed E-state index contributed by atoms with van der Waals surface area (Å²) in [6, 6.07) is 6.06. The molecule has 0 aromatic heterocycles. The maximum Gasteiger partial charge on any atom is 0.307 e. The summed E-state index contributed by atoms with van der Waals surface area (Å²) in [6.45, 7) is 6.09. The van der Waals surface area contributed by atoms with Gasteiger partial charge >= 0.3 is 5.97 Å². The fraction of sp³-hybridized carbons (Fsp3) is 0.462. The molecule has 1 aliphatic rings. The number of hydrogen-bond donors (Lipinski definition) is 1. The summed E-state index contributed by atoms with van der Waals surface area (Å²) in [4.78, 5) is 11.1. The highest BCUT2D eigenvalue weighted by Gasteiger charge is 2.62. The van der Waals surface area contributed by atoms with E-state index in [-0.39, 0.29) is 17.3 Å². The zero-order chi connectivity index (χ0) is 12.1. The van der Waals surface area contributed by atoms with Crippen molar-refractivity contribution in [3.8, 4) is 0 Å². The molecular weight excluding hydrogens is 268 g/mol. The van der Waals surface area contributed by atoms with Crippen molar-refractivity contribution in [1.29, 1.82) is 0 Å². The molecule has 0 aliphatic heterocycles. The molecule has 2 atom stereocenters. The molecule has 3 heteroatoms. The van der Waals surface area contributed by atoms with Crippen molar-refractivity contribution in [3.63, 3.8) is 0 Å². The van der Waals surface area contributed by atoms with E-state index >= 15 is 0 Å². The molecule has 0 unspecified atom stereocenters. The van der Waals surface area contributed by atoms with Crippen molar-refractivity contribution in [1.82, 2.24) is 0 Å². The highest BCUT2D eigenvalue weighted by Crippen LogP contribution is 2.64. The fourth-order valence-corrected chi connectivity index (χ4v) is 3.14. The molecule has 1 aromatic rings. The number of aryl methyl sites for hydroxylation is 1. The Morgan fingerprint density at radius 3 is 2.50 bits per heavy atom. The van der Waals surface area contributed by atoms with Crippen LogP contribution in [0.3, 0.4) is 0 Å². The molecule has 0 heterocycles. The van der Waals surface area contributed by atoms with E-state index in [1.54, 1.807) is 0 Å². The molecule has 1 aromatic carbocycles. The van der Waals surface area contributed by atoms with Crippen LogP contribution >= 0.6 is 15.9 Å². The Morgan fingerprint density at radius 1 is 1.44 bits per heavy atom. The van der Waals surface area contributed by atoms with Crippen molar-refractivity contribution in [2.24, 2.45) is 11.3 Å². The normalized spacial score (nSPS) is 26.5. The van der Waals surface area contributed by atoms with Crippen molar-refractivity contribution >= 4 is 21.9 Å². The fourth-order valence-electron chi connectivity index (χ4n) is 2.67. The van der Waals surface area contributed by atoms with Gasteiger partial charge in [-0.05, 0) is 35.6 Å². The standard InChI is InChI=1S/C13H15BrO2/c1-7-6-8(14)4-5-9(7)10-11(12(15)16)13(10,2)3/h4-6,10-11H,1-3H3,(H,15,16)/t10-,11+/m1/s1. The molecule has 0 amide bonds. The minimum absolute atomic E-state index is 0.121. The summed E-state index contributed by atoms with van der Waals surface area (Å²) in [5, 5.41) is 9.16. The van der Waals surface area contributed by atoms with E-state index in [4.69, 9.17) is 5.11 Å². The van der Waals surface area contributed by atoms with E-state index in [1.165, 1.54) is 5.56 Å². The molecule has 0 spiro atoms. The second kappa shape index (κ2) is 3.59. The van der Waals surface area contributed by atoms with Crippen molar-refractivity contribution < 1.29 is 9.90 Å². The maximum absolute atomic E-state index is 11.1. The third-order valence-electron chi connectivity index (χ3n) is 3.66. The predicted molar refractivity (Wildman–Crippen MR) is 66.5 cm³/mol. The van der Waals surface area contributed by atoms with E-state index in [0.717, 1.165) is 10.0 Å². The highest BCUT2D eigenvalue weighted by atomic mass is 79.9. The third-order valence-corrected chi connectivity index (χ3v) is 4.15. The van der Waals surface area contributed by atoms with Gasteiger partial charge in [0.1, 0.15) is 0 Å². The van der Waals surface area contributed by atoms with Gasteiger partial charge in [-0.3, -0.25) is 4.79 Å². The number of hydrogen-bond acceptors (Lipinski definition) is 1. The molecule has 86 valence electrons. The Bertz CT molecular complexity index is 451. The SMILES string of the molecule is Cc1cc(Br)ccc1[C@@H]1[C@@H](C(=O)O)C1(C)C. The van der Waals surface area contributed by atoms with Crippen molar-refractivity contribution in [3.05, 3.63) is 33.8 Å². The zero-order valence-corrected chi connectivity index (χ0v) is 11.2. The molecule has 0 saturated heterocycles. The van der Waals surface area contributed by atoms with Gasteiger partial charge < -0.3 is 5.11 Å². The molecule has 1 fully saturated rings. The average molecular weight is 283 g/mol. The molecule has 2 nitrogen and oxygen atoms in total. The lowest BCUT2D eigenvalue weighted by atomic mass is 9.99. The molecular formula is C13H15BrO2. The lowest BCUT2D eigenvalue weighted by Gasteiger charge is -2.07. The Kier molecular flexibility index (Phi) is 2.61. The molecule has 1 aliphatic carbocycles. The number of rotatable bonds is 2. The van der Waals surface area contributed by atoms with Crippen LogP contribution in [0.1, 0.15) is 30.9 Å². The molecule has 1 N–H and O–H groups in total. The number of carboxylic acid groups (broad SMARTS) is 1. The number of carbonyl (C=O) groups is 1. The van der Waals surface area contributed by atoms with Gasteiger partial charge in [0.05, 0.1) is 5.92 Å². The number of carboxylic acids is 1. The third kappa shape index (κ3) is 1.67. The first kappa shape index (κ1) is 11.6. The van der Waals surface area contributed by atoms with Crippen molar-refractivity contribution in [2.75, 3.05) is 0 Å². The second-order valence-corrected chi connectivity index (χ2v) is 6.03. The highest BCUT2D eigenvalue weighted by molar-refractivity contribution is 9.10. The topological polar surface area (TPSA) is 37.3 Å². The van der Waals surface area contributed by atoms with E-state index in [0.29, 0.717) is 0 Å². The van der Waals surface area contributed by atoms with Gasteiger partial charge in [0, 0.05) is 10.4 Å². The van der Waals surface area contributed by atoms with Crippen LogP contribution in [0, 0.1) is 18.3 Å². The summed E-state index contributed by atoms with van der Waals surface area (Å²) in [7, 11) is 0. The molecule has 1 saturated carbocycles. The molecule has 16 heavy (non-hydrogen) atoms. The van der Waals surface area contributed by atoms with Gasteiger partial charge in [0.15, 0.2) is 0 Å². The van der Waals surface area contributed by atoms with Gasteiger partial charge in [0.2, 0.25) is 0 Å². The summed E-state index contributed by atoms with van der Waals surface area (Å²) < 4.78 is 1.04. The summed E-state index contributed by atoms with van der Waals surface area (Å²) in [5.41, 5.74) is 2.21. The summed E-state index contributed by atoms with van der Waals surface area (Å²) >= 11 is 3.42. The first-order valence-corrected chi connectivity index (χ1v) is 6.14. The lowest BCUT2D eigenvalue weighted by molar-refractivity contribution is -0.139. The first-order chi connectivity index (χ1) is 7.35. The minimum atomic E-state index is -0.683. The summed E-state index contributed by atoms with van der Waals surface area (Å²) in [6.07, 6.45) is 0. The lowest BCUT2D eigenvalue weighted by Crippen LogP contribution is -2.03. The molecule has 0 bridgehead atoms. The summed E-state index contributed by atoms with van der Waals surface area (Å²) in [5.74, 6) is -0.775. The Hall–Kier alpha value is -0.830. The minimum Gasteiger partial charge on any atom is -0.481 e. The monoisotopic (exact) mass is 282 g/mol. The van der Waals surface area contributed by atoms with Gasteiger partial charge in [0.25, 0.3) is 0 Å². The Balaban J connectivity index is 2.37. The largest absolute Gasteiger partial charge is 0.481 e. The van der Waals surface area contributed by atoms with Gasteiger partial charge in [-0.1, -0.05) is 35.8 Å². The van der Waals surface area contributed by atoms with Crippen LogP contribution in [-0.2, 0) is 4.79 Å². The van der Waals surface area contributed by atoms with Crippen LogP contribution in [0.25, 0.3) is 0 Å². The molecule has 2 rings (SSSR count). The van der Waals surface area contributed by atoms with Crippen LogP contribution in [0.2, 0.25) is 0 Å². The van der Waals surface area contributed by atoms with Gasteiger partial charge in [-0.25, -0.2) is 0 Å². The van der Waals surface area contributed by atoms with Gasteiger partial charge in [-0.2, -0.15) is 0 Å². The maximum atomic E-state index is 11.1. The second-order valence-electron chi connectivity index (χ2n) is 5.12. The predicted octanol–water partition coefficient (Wildman–Crippen LogP) is 3.58. The van der Waals surface area contributed by atoms with Crippen LogP contribution in [-0.4, -0.2) is 11.1 Å². The number of halogens is 1. The average Bonchev–Trinajstić information content (AvgIpc) is 2.69. The van der Waals surface area contributed by atoms with E-state index in [9.17, 15) is 4.79 Å². The molecule has 0 radical (unpaired) electrons. The van der Waals surface area contributed by atoms with Gasteiger partial charge in [-0.15, -0.1) is 0 Å². The van der Waals surface area contributed by atoms with E-state index in [2.05, 4.69) is 15.9 Å². The van der Waals surface area contributed by atoms with E-state index < -0.39 is 5.97 Å². The Labute approximate surface area is 104 Å². The number of aliphatic carboxylic acids is 1. The Morgan fingerprint density at radius 2 is 2.06 bits per heavy atom. The smallest absolute Gasteiger partial charge is 0.307 e. The first-order valence-electron chi connectivity index (χ1n) is 5.34. The van der Waals surface area contributed by atoms with Crippen LogP contribution in [0.15, 0.2) is 22.7 Å². The zero-order valence-electron chi connectivity index (χ0n) is 9.62. The van der Waals surface area contributed by atoms with E-state index in [1.807, 2.05) is 39.0 Å². The number of benzene rings is 1. The van der Waals surface area contributed by atoms with Crippen LogP contribution in [0.5, 0.6) is 0 Å². The van der Waals surface area contributed by atoms with Crippen LogP contribution < -0.4 is 0 Å². The van der Waals surface area contributed by atoms with Crippen LogP contribution in [0.4, 0.5) is 0 Å². The van der Waals surface area contributed by atoms with Crippen molar-refractivity contribution in [2.45, 2.75) is 26.7 Å². The quantitative estimate of drug-likeness (QED) is 0.900.